The Morgan fingerprint density at radius 2 is 1.61 bits per heavy atom. The van der Waals surface area contributed by atoms with E-state index < -0.39 is 17.9 Å². The lowest BCUT2D eigenvalue weighted by Crippen LogP contribution is -2.48. The number of benzene rings is 3. The minimum Gasteiger partial charge on any atom is -0.483 e. The highest BCUT2D eigenvalue weighted by molar-refractivity contribution is 5.86. The van der Waals surface area contributed by atoms with E-state index in [9.17, 15) is 9.59 Å². The predicted octanol–water partition coefficient (Wildman–Crippen LogP) is 4.35. The molecule has 2 atom stereocenters. The van der Waals surface area contributed by atoms with E-state index in [1.165, 1.54) is 0 Å². The van der Waals surface area contributed by atoms with Crippen molar-refractivity contribution in [3.8, 4) is 11.5 Å². The Bertz CT molecular complexity index is 1050. The van der Waals surface area contributed by atoms with Crippen molar-refractivity contribution in [3.05, 3.63) is 72.3 Å². The summed E-state index contributed by atoms with van der Waals surface area (Å²) in [7, 11) is 0. The van der Waals surface area contributed by atoms with Gasteiger partial charge in [-0.2, -0.15) is 0 Å². The number of hydrazine groups is 1. The molecular weight excluding hydrogens is 392 g/mol. The molecule has 0 fully saturated rings. The maximum absolute atomic E-state index is 12.3. The number of hydrogen-bond acceptors (Lipinski definition) is 4. The molecule has 0 radical (unpaired) electrons. The van der Waals surface area contributed by atoms with Gasteiger partial charge in [0.15, 0.2) is 12.7 Å². The minimum atomic E-state index is -0.784. The Morgan fingerprint density at radius 1 is 0.903 bits per heavy atom. The first-order chi connectivity index (χ1) is 15.0. The van der Waals surface area contributed by atoms with Gasteiger partial charge in [-0.3, -0.25) is 20.4 Å². The summed E-state index contributed by atoms with van der Waals surface area (Å²) in [6, 6.07) is 21.2. The van der Waals surface area contributed by atoms with Crippen LogP contribution in [0.15, 0.2) is 66.7 Å². The first-order valence-corrected chi connectivity index (χ1v) is 10.4. The number of carbonyl (C=O) groups is 2. The fraction of sp³-hybridized carbons (Fsp3) is 0.280. The maximum Gasteiger partial charge on any atom is 0.279 e. The Labute approximate surface area is 182 Å². The Hall–Kier alpha value is -3.54. The zero-order valence-corrected chi connectivity index (χ0v) is 18.1. The maximum atomic E-state index is 12.3. The summed E-state index contributed by atoms with van der Waals surface area (Å²) < 4.78 is 11.4. The zero-order chi connectivity index (χ0) is 22.2. The Morgan fingerprint density at radius 3 is 2.39 bits per heavy atom. The number of hydrogen-bond donors (Lipinski definition) is 2. The second kappa shape index (κ2) is 10.5. The van der Waals surface area contributed by atoms with Crippen LogP contribution in [-0.4, -0.2) is 24.5 Å². The van der Waals surface area contributed by atoms with Crippen LogP contribution in [-0.2, 0) is 9.59 Å². The molecule has 3 rings (SSSR count). The van der Waals surface area contributed by atoms with Crippen LogP contribution in [0.3, 0.4) is 0 Å². The molecule has 2 N–H and O–H groups in total. The van der Waals surface area contributed by atoms with Crippen LogP contribution in [0, 0.1) is 0 Å². The molecule has 31 heavy (non-hydrogen) atoms. The van der Waals surface area contributed by atoms with Gasteiger partial charge in [0, 0.05) is 0 Å². The van der Waals surface area contributed by atoms with E-state index >= 15 is 0 Å². The Balaban J connectivity index is 1.48. The fourth-order valence-electron chi connectivity index (χ4n) is 3.15. The second-order valence-electron chi connectivity index (χ2n) is 7.44. The number of fused-ring (bicyclic) bond motifs is 1. The Kier molecular flexibility index (Phi) is 7.49. The van der Waals surface area contributed by atoms with Crippen LogP contribution in [0.1, 0.15) is 38.7 Å². The summed E-state index contributed by atoms with van der Waals surface area (Å²) in [5.74, 6) is 0.669. The van der Waals surface area contributed by atoms with Crippen molar-refractivity contribution in [1.29, 1.82) is 0 Å². The molecule has 2 amide bonds. The molecule has 0 aromatic heterocycles. The van der Waals surface area contributed by atoms with Gasteiger partial charge in [-0.05, 0) is 53.8 Å². The van der Waals surface area contributed by atoms with Gasteiger partial charge in [-0.15, -0.1) is 0 Å². The van der Waals surface area contributed by atoms with Crippen molar-refractivity contribution in [3.63, 3.8) is 0 Å². The van der Waals surface area contributed by atoms with Crippen LogP contribution in [0.2, 0.25) is 0 Å². The lowest BCUT2D eigenvalue weighted by molar-refractivity contribution is -0.133. The van der Waals surface area contributed by atoms with Gasteiger partial charge in [0.25, 0.3) is 11.8 Å². The number of nitrogens with one attached hydrogen (secondary N) is 2. The third kappa shape index (κ3) is 5.98. The highest BCUT2D eigenvalue weighted by Crippen LogP contribution is 2.28. The molecule has 0 unspecified atom stereocenters. The number of ether oxygens (including phenoxy) is 2. The standard InChI is InChI=1S/C25H28N2O4/c1-4-17(2)22-11-7-8-12-23(22)30-16-24(28)26-27-25(29)18(3)31-21-14-13-19-9-5-6-10-20(19)15-21/h5-15,17-18H,4,16H2,1-3H3,(H,26,28)(H,27,29)/t17-,18-/m1/s1. The molecule has 0 aliphatic heterocycles. The first-order valence-electron chi connectivity index (χ1n) is 10.4. The van der Waals surface area contributed by atoms with Gasteiger partial charge in [0.1, 0.15) is 11.5 Å². The lowest BCUT2D eigenvalue weighted by Gasteiger charge is -2.17. The highest BCUT2D eigenvalue weighted by Gasteiger charge is 2.16. The molecule has 6 heteroatoms. The van der Waals surface area contributed by atoms with Gasteiger partial charge in [0.05, 0.1) is 0 Å². The number of para-hydroxylation sites is 1. The van der Waals surface area contributed by atoms with E-state index in [0.717, 1.165) is 22.8 Å². The second-order valence-corrected chi connectivity index (χ2v) is 7.44. The molecule has 162 valence electrons. The molecule has 0 aliphatic carbocycles. The smallest absolute Gasteiger partial charge is 0.279 e. The van der Waals surface area contributed by atoms with Crippen LogP contribution in [0.5, 0.6) is 11.5 Å². The number of amides is 2. The summed E-state index contributed by atoms with van der Waals surface area (Å²) in [5, 5.41) is 2.12. The molecule has 3 aromatic rings. The number of rotatable bonds is 8. The van der Waals surface area contributed by atoms with Crippen molar-refractivity contribution >= 4 is 22.6 Å². The van der Waals surface area contributed by atoms with E-state index in [1.807, 2.05) is 66.7 Å². The van der Waals surface area contributed by atoms with Crippen LogP contribution < -0.4 is 20.3 Å². The molecule has 0 saturated carbocycles. The third-order valence-electron chi connectivity index (χ3n) is 5.15. The molecule has 3 aromatic carbocycles. The third-order valence-corrected chi connectivity index (χ3v) is 5.15. The molecular formula is C25H28N2O4. The largest absolute Gasteiger partial charge is 0.483 e. The summed E-state index contributed by atoms with van der Waals surface area (Å²) in [6.45, 7) is 5.63. The lowest BCUT2D eigenvalue weighted by atomic mass is 9.98. The SMILES string of the molecule is CC[C@@H](C)c1ccccc1OCC(=O)NNC(=O)[C@@H](C)Oc1ccc2ccccc2c1. The molecule has 0 spiro atoms. The van der Waals surface area contributed by atoms with E-state index in [4.69, 9.17) is 9.47 Å². The average molecular weight is 421 g/mol. The van der Waals surface area contributed by atoms with Crippen molar-refractivity contribution in [2.75, 3.05) is 6.61 Å². The van der Waals surface area contributed by atoms with Crippen molar-refractivity contribution < 1.29 is 19.1 Å². The van der Waals surface area contributed by atoms with Gasteiger partial charge in [0.2, 0.25) is 0 Å². The summed E-state index contributed by atoms with van der Waals surface area (Å²) in [4.78, 5) is 24.4. The molecule has 0 heterocycles. The normalized spacial score (nSPS) is 12.6. The van der Waals surface area contributed by atoms with Gasteiger partial charge in [-0.1, -0.05) is 62.4 Å². The van der Waals surface area contributed by atoms with Crippen molar-refractivity contribution in [2.24, 2.45) is 0 Å². The van der Waals surface area contributed by atoms with Crippen LogP contribution in [0.4, 0.5) is 0 Å². The monoisotopic (exact) mass is 420 g/mol. The van der Waals surface area contributed by atoms with Crippen molar-refractivity contribution in [1.82, 2.24) is 10.9 Å². The van der Waals surface area contributed by atoms with Gasteiger partial charge < -0.3 is 9.47 Å². The van der Waals surface area contributed by atoms with Crippen LogP contribution in [0.25, 0.3) is 10.8 Å². The minimum absolute atomic E-state index is 0.201. The summed E-state index contributed by atoms with van der Waals surface area (Å²) >= 11 is 0. The van der Waals surface area contributed by atoms with Crippen LogP contribution >= 0.6 is 0 Å². The number of carbonyl (C=O) groups excluding carboxylic acids is 2. The average Bonchev–Trinajstić information content (AvgIpc) is 2.80. The van der Waals surface area contributed by atoms with Crippen molar-refractivity contribution in [2.45, 2.75) is 39.2 Å². The fourth-order valence-corrected chi connectivity index (χ4v) is 3.15. The molecule has 6 nitrogen and oxygen atoms in total. The predicted molar refractivity (Wildman–Crippen MR) is 121 cm³/mol. The summed E-state index contributed by atoms with van der Waals surface area (Å²) in [5.41, 5.74) is 5.80. The van der Waals surface area contributed by atoms with Gasteiger partial charge >= 0.3 is 0 Å². The van der Waals surface area contributed by atoms with Gasteiger partial charge in [-0.25, -0.2) is 0 Å². The molecule has 0 aliphatic rings. The summed E-state index contributed by atoms with van der Waals surface area (Å²) in [6.07, 6.45) is 0.186. The molecule has 0 bridgehead atoms. The highest BCUT2D eigenvalue weighted by atomic mass is 16.5. The van der Waals surface area contributed by atoms with E-state index in [2.05, 4.69) is 24.7 Å². The quantitative estimate of drug-likeness (QED) is 0.531. The molecule has 0 saturated heterocycles. The van der Waals surface area contributed by atoms with E-state index in [1.54, 1.807) is 6.92 Å². The zero-order valence-electron chi connectivity index (χ0n) is 18.1. The van der Waals surface area contributed by atoms with E-state index in [-0.39, 0.29) is 6.61 Å². The first kappa shape index (κ1) is 22.2. The topological polar surface area (TPSA) is 76.7 Å². The van der Waals surface area contributed by atoms with E-state index in [0.29, 0.717) is 17.4 Å².